The van der Waals surface area contributed by atoms with E-state index in [2.05, 4.69) is 6.92 Å². The molecule has 0 aliphatic carbocycles. The van der Waals surface area contributed by atoms with Crippen molar-refractivity contribution >= 4 is 17.5 Å². The number of carbonyl (C=O) groups excluding carboxylic acids is 2. The lowest BCUT2D eigenvalue weighted by Gasteiger charge is -2.22. The number of aryl methyl sites for hydroxylation is 2. The number of anilines is 1. The van der Waals surface area contributed by atoms with Gasteiger partial charge >= 0.3 is 0 Å². The molecule has 1 saturated heterocycles. The van der Waals surface area contributed by atoms with Crippen LogP contribution in [0.2, 0.25) is 0 Å². The normalized spacial score (nSPS) is 19.3. The lowest BCUT2D eigenvalue weighted by molar-refractivity contribution is -0.123. The van der Waals surface area contributed by atoms with Crippen molar-refractivity contribution in [2.75, 3.05) is 11.4 Å². The number of amides is 2. The minimum Gasteiger partial charge on any atom is -0.369 e. The van der Waals surface area contributed by atoms with Crippen molar-refractivity contribution in [1.82, 2.24) is 0 Å². The predicted octanol–water partition coefficient (Wildman–Crippen LogP) is 1.40. The summed E-state index contributed by atoms with van der Waals surface area (Å²) in [6, 6.07) is 6.00. The van der Waals surface area contributed by atoms with Gasteiger partial charge in [-0.25, -0.2) is 0 Å². The van der Waals surface area contributed by atoms with Gasteiger partial charge in [0.15, 0.2) is 0 Å². The molecule has 18 heavy (non-hydrogen) atoms. The first-order chi connectivity index (χ1) is 8.54. The summed E-state index contributed by atoms with van der Waals surface area (Å²) in [6.07, 6.45) is 1.09. The second kappa shape index (κ2) is 4.80. The third kappa shape index (κ3) is 2.10. The zero-order valence-corrected chi connectivity index (χ0v) is 10.8. The fourth-order valence-corrected chi connectivity index (χ4v) is 2.51. The van der Waals surface area contributed by atoms with E-state index in [9.17, 15) is 9.59 Å². The van der Waals surface area contributed by atoms with Crippen molar-refractivity contribution in [3.8, 4) is 0 Å². The Morgan fingerprint density at radius 2 is 2.22 bits per heavy atom. The molecule has 96 valence electrons. The number of hydrogen-bond donors (Lipinski definition) is 1. The van der Waals surface area contributed by atoms with Gasteiger partial charge in [-0.15, -0.1) is 0 Å². The van der Waals surface area contributed by atoms with Gasteiger partial charge in [0.25, 0.3) is 0 Å². The summed E-state index contributed by atoms with van der Waals surface area (Å²) >= 11 is 0. The molecule has 1 fully saturated rings. The van der Waals surface area contributed by atoms with Crippen molar-refractivity contribution in [2.45, 2.75) is 26.7 Å². The summed E-state index contributed by atoms with van der Waals surface area (Å²) in [5.41, 5.74) is 8.44. The van der Waals surface area contributed by atoms with E-state index in [0.29, 0.717) is 6.54 Å². The van der Waals surface area contributed by atoms with E-state index in [1.165, 1.54) is 0 Å². The highest BCUT2D eigenvalue weighted by atomic mass is 16.2. The number of hydrogen-bond acceptors (Lipinski definition) is 2. The number of primary amides is 1. The van der Waals surface area contributed by atoms with Crippen LogP contribution in [-0.2, 0) is 16.0 Å². The van der Waals surface area contributed by atoms with E-state index >= 15 is 0 Å². The highest BCUT2D eigenvalue weighted by molar-refractivity contribution is 6.01. The zero-order valence-electron chi connectivity index (χ0n) is 10.8. The Labute approximate surface area is 107 Å². The zero-order chi connectivity index (χ0) is 13.3. The van der Waals surface area contributed by atoms with Crippen LogP contribution in [0.15, 0.2) is 18.2 Å². The molecule has 1 aromatic rings. The molecule has 1 aliphatic rings. The summed E-state index contributed by atoms with van der Waals surface area (Å²) in [6.45, 7) is 4.45. The molecule has 0 spiro atoms. The second-order valence-electron chi connectivity index (χ2n) is 4.74. The van der Waals surface area contributed by atoms with Gasteiger partial charge in [-0.3, -0.25) is 9.59 Å². The SMILES string of the molecule is CCc1cccc(C)c1N1CC(C(N)=O)CC1=O. The van der Waals surface area contributed by atoms with Crippen molar-refractivity contribution in [1.29, 1.82) is 0 Å². The van der Waals surface area contributed by atoms with Gasteiger partial charge in [-0.1, -0.05) is 25.1 Å². The van der Waals surface area contributed by atoms with Gasteiger partial charge in [0.2, 0.25) is 11.8 Å². The Morgan fingerprint density at radius 3 is 2.78 bits per heavy atom. The fraction of sp³-hybridized carbons (Fsp3) is 0.429. The number of nitrogens with zero attached hydrogens (tertiary/aromatic N) is 1. The highest BCUT2D eigenvalue weighted by Crippen LogP contribution is 2.31. The van der Waals surface area contributed by atoms with Crippen LogP contribution in [0.25, 0.3) is 0 Å². The minimum atomic E-state index is -0.391. The third-order valence-corrected chi connectivity index (χ3v) is 3.50. The molecule has 0 bridgehead atoms. The number of para-hydroxylation sites is 1. The van der Waals surface area contributed by atoms with Crippen LogP contribution in [0.4, 0.5) is 5.69 Å². The van der Waals surface area contributed by atoms with E-state index in [0.717, 1.165) is 23.2 Å². The van der Waals surface area contributed by atoms with Crippen LogP contribution in [0.5, 0.6) is 0 Å². The van der Waals surface area contributed by atoms with Crippen LogP contribution < -0.4 is 10.6 Å². The van der Waals surface area contributed by atoms with E-state index < -0.39 is 5.91 Å². The first-order valence-electron chi connectivity index (χ1n) is 6.22. The summed E-state index contributed by atoms with van der Waals surface area (Å²) in [7, 11) is 0. The molecular weight excluding hydrogens is 228 g/mol. The molecule has 1 atom stereocenters. The maximum atomic E-state index is 12.0. The van der Waals surface area contributed by atoms with Crippen molar-refractivity contribution < 1.29 is 9.59 Å². The summed E-state index contributed by atoms with van der Waals surface area (Å²) in [5, 5.41) is 0. The highest BCUT2D eigenvalue weighted by Gasteiger charge is 2.35. The van der Waals surface area contributed by atoms with Crippen LogP contribution >= 0.6 is 0 Å². The van der Waals surface area contributed by atoms with Gasteiger partial charge < -0.3 is 10.6 Å². The number of benzene rings is 1. The molecule has 2 rings (SSSR count). The van der Waals surface area contributed by atoms with E-state index in [1.807, 2.05) is 25.1 Å². The van der Waals surface area contributed by atoms with Crippen LogP contribution in [-0.4, -0.2) is 18.4 Å². The molecule has 0 aromatic heterocycles. The molecule has 2 N–H and O–H groups in total. The van der Waals surface area contributed by atoms with Crippen LogP contribution in [0.3, 0.4) is 0 Å². The average molecular weight is 246 g/mol. The van der Waals surface area contributed by atoms with Gasteiger partial charge in [0.05, 0.1) is 5.92 Å². The molecule has 4 heteroatoms. The van der Waals surface area contributed by atoms with Crippen molar-refractivity contribution in [3.63, 3.8) is 0 Å². The minimum absolute atomic E-state index is 0.0113. The largest absolute Gasteiger partial charge is 0.369 e. The lowest BCUT2D eigenvalue weighted by Crippen LogP contribution is -2.29. The summed E-state index contributed by atoms with van der Waals surface area (Å²) in [4.78, 5) is 24.9. The maximum Gasteiger partial charge on any atom is 0.227 e. The third-order valence-electron chi connectivity index (χ3n) is 3.50. The Hall–Kier alpha value is -1.84. The Balaban J connectivity index is 2.38. The number of nitrogens with two attached hydrogens (primary N) is 1. The quantitative estimate of drug-likeness (QED) is 0.876. The Bertz CT molecular complexity index is 497. The van der Waals surface area contributed by atoms with Gasteiger partial charge in [0, 0.05) is 18.7 Å². The van der Waals surface area contributed by atoms with E-state index in [1.54, 1.807) is 4.90 Å². The second-order valence-corrected chi connectivity index (χ2v) is 4.74. The number of carbonyl (C=O) groups is 2. The Morgan fingerprint density at radius 1 is 1.50 bits per heavy atom. The van der Waals surface area contributed by atoms with E-state index in [4.69, 9.17) is 5.73 Å². The summed E-state index contributed by atoms with van der Waals surface area (Å²) in [5.74, 6) is -0.762. The standard InChI is InChI=1S/C14H18N2O2/c1-3-10-6-4-5-9(2)13(10)16-8-11(14(15)18)7-12(16)17/h4-6,11H,3,7-8H2,1-2H3,(H2,15,18). The fourth-order valence-electron chi connectivity index (χ4n) is 2.51. The van der Waals surface area contributed by atoms with Gasteiger partial charge in [0.1, 0.15) is 0 Å². The Kier molecular flexibility index (Phi) is 3.36. The first-order valence-corrected chi connectivity index (χ1v) is 6.22. The molecule has 2 amide bonds. The van der Waals surface area contributed by atoms with Crippen molar-refractivity contribution in [2.24, 2.45) is 11.7 Å². The maximum absolute atomic E-state index is 12.0. The molecule has 1 heterocycles. The molecule has 1 unspecified atom stereocenters. The smallest absolute Gasteiger partial charge is 0.227 e. The lowest BCUT2D eigenvalue weighted by atomic mass is 10.0. The van der Waals surface area contributed by atoms with Gasteiger partial charge in [-0.05, 0) is 24.5 Å². The molecule has 4 nitrogen and oxygen atoms in total. The van der Waals surface area contributed by atoms with Crippen molar-refractivity contribution in [3.05, 3.63) is 29.3 Å². The monoisotopic (exact) mass is 246 g/mol. The first kappa shape index (κ1) is 12.6. The van der Waals surface area contributed by atoms with Gasteiger partial charge in [-0.2, -0.15) is 0 Å². The summed E-state index contributed by atoms with van der Waals surface area (Å²) < 4.78 is 0. The predicted molar refractivity (Wildman–Crippen MR) is 70.2 cm³/mol. The van der Waals surface area contributed by atoms with E-state index in [-0.39, 0.29) is 18.2 Å². The topological polar surface area (TPSA) is 63.4 Å². The molecule has 1 aromatic carbocycles. The van der Waals surface area contributed by atoms with Crippen LogP contribution in [0.1, 0.15) is 24.5 Å². The number of rotatable bonds is 3. The molecule has 1 aliphatic heterocycles. The molecular formula is C14H18N2O2. The average Bonchev–Trinajstić information content (AvgIpc) is 2.71. The molecule has 0 radical (unpaired) electrons. The van der Waals surface area contributed by atoms with Crippen LogP contribution in [0, 0.1) is 12.8 Å². The molecule has 0 saturated carbocycles.